The molecule has 2 heterocycles. The van der Waals surface area contributed by atoms with Crippen LogP contribution in [0.5, 0.6) is 0 Å². The molecule has 1 aromatic carbocycles. The van der Waals surface area contributed by atoms with Crippen molar-refractivity contribution in [2.75, 3.05) is 26.7 Å². The van der Waals surface area contributed by atoms with Crippen molar-refractivity contribution in [2.24, 2.45) is 11.3 Å². The SMILES string of the molecule is CN1C[C@@H](C#Cc2ccccc2)[C@]2(CCOC2=O)C1. The molecule has 2 fully saturated rings. The number of esters is 1. The second-order valence-corrected chi connectivity index (χ2v) is 5.43. The molecule has 2 aliphatic rings. The van der Waals surface area contributed by atoms with Gasteiger partial charge >= 0.3 is 5.97 Å². The Kier molecular flexibility index (Phi) is 3.04. The third kappa shape index (κ3) is 2.13. The minimum atomic E-state index is -0.392. The van der Waals surface area contributed by atoms with Gasteiger partial charge in [0.25, 0.3) is 0 Å². The lowest BCUT2D eigenvalue weighted by atomic mass is 9.77. The third-order valence-corrected chi connectivity index (χ3v) is 4.07. The summed E-state index contributed by atoms with van der Waals surface area (Å²) in [6, 6.07) is 9.91. The first-order valence-electron chi connectivity index (χ1n) is 6.63. The first-order chi connectivity index (χ1) is 9.21. The molecule has 3 rings (SSSR count). The van der Waals surface area contributed by atoms with Crippen LogP contribution >= 0.6 is 0 Å². The third-order valence-electron chi connectivity index (χ3n) is 4.07. The summed E-state index contributed by atoms with van der Waals surface area (Å²) < 4.78 is 5.19. The standard InChI is InChI=1S/C16H17NO2/c1-17-11-14(8-7-13-5-3-2-4-6-13)16(12-17)9-10-19-15(16)18/h2-6,14H,9-12H2,1H3/t14-,16+/m1/s1. The molecule has 2 saturated heterocycles. The lowest BCUT2D eigenvalue weighted by molar-refractivity contribution is -0.146. The molecule has 0 saturated carbocycles. The Morgan fingerprint density at radius 3 is 2.84 bits per heavy atom. The van der Waals surface area contributed by atoms with Gasteiger partial charge in [0.05, 0.1) is 17.9 Å². The molecule has 3 nitrogen and oxygen atoms in total. The Bertz CT molecular complexity index is 543. The predicted octanol–water partition coefficient (Wildman–Crippen LogP) is 1.53. The second kappa shape index (κ2) is 4.71. The molecular weight excluding hydrogens is 238 g/mol. The first-order valence-corrected chi connectivity index (χ1v) is 6.63. The molecule has 0 N–H and O–H groups in total. The maximum atomic E-state index is 12.0. The average molecular weight is 255 g/mol. The monoisotopic (exact) mass is 255 g/mol. The van der Waals surface area contributed by atoms with E-state index in [1.807, 2.05) is 37.4 Å². The van der Waals surface area contributed by atoms with Crippen molar-refractivity contribution < 1.29 is 9.53 Å². The first kappa shape index (κ1) is 12.3. The van der Waals surface area contributed by atoms with Crippen LogP contribution in [-0.2, 0) is 9.53 Å². The van der Waals surface area contributed by atoms with E-state index in [2.05, 4.69) is 16.7 Å². The highest BCUT2D eigenvalue weighted by Crippen LogP contribution is 2.43. The lowest BCUT2D eigenvalue weighted by Gasteiger charge is -2.21. The van der Waals surface area contributed by atoms with Crippen molar-refractivity contribution in [1.29, 1.82) is 0 Å². The summed E-state index contributed by atoms with van der Waals surface area (Å²) in [5.74, 6) is 6.50. The summed E-state index contributed by atoms with van der Waals surface area (Å²) in [4.78, 5) is 14.2. The van der Waals surface area contributed by atoms with Crippen LogP contribution in [0.3, 0.4) is 0 Å². The van der Waals surface area contributed by atoms with E-state index < -0.39 is 5.41 Å². The highest BCUT2D eigenvalue weighted by atomic mass is 16.5. The Morgan fingerprint density at radius 2 is 2.16 bits per heavy atom. The van der Waals surface area contributed by atoms with E-state index in [1.54, 1.807) is 0 Å². The van der Waals surface area contributed by atoms with Gasteiger partial charge in [0.15, 0.2) is 0 Å². The van der Waals surface area contributed by atoms with Gasteiger partial charge < -0.3 is 9.64 Å². The lowest BCUT2D eigenvalue weighted by Crippen LogP contribution is -2.34. The number of ether oxygens (including phenoxy) is 1. The highest BCUT2D eigenvalue weighted by Gasteiger charge is 2.54. The van der Waals surface area contributed by atoms with Crippen LogP contribution in [0.15, 0.2) is 30.3 Å². The van der Waals surface area contributed by atoms with Crippen molar-refractivity contribution in [3.05, 3.63) is 35.9 Å². The molecule has 19 heavy (non-hydrogen) atoms. The van der Waals surface area contributed by atoms with Gasteiger partial charge in [0.2, 0.25) is 0 Å². The van der Waals surface area contributed by atoms with Gasteiger partial charge in [0.1, 0.15) is 0 Å². The van der Waals surface area contributed by atoms with E-state index in [0.29, 0.717) is 6.61 Å². The zero-order chi connectivity index (χ0) is 13.3. The molecule has 1 spiro atoms. The van der Waals surface area contributed by atoms with E-state index in [9.17, 15) is 4.79 Å². The molecule has 1 aromatic rings. The van der Waals surface area contributed by atoms with Crippen LogP contribution in [-0.4, -0.2) is 37.6 Å². The number of likely N-dealkylation sites (tertiary alicyclic amines) is 1. The summed E-state index contributed by atoms with van der Waals surface area (Å²) in [7, 11) is 2.04. The number of carbonyl (C=O) groups excluding carboxylic acids is 1. The largest absolute Gasteiger partial charge is 0.465 e. The van der Waals surface area contributed by atoms with Gasteiger partial charge in [-0.2, -0.15) is 0 Å². The fourth-order valence-electron chi connectivity index (χ4n) is 3.05. The molecule has 0 bridgehead atoms. The second-order valence-electron chi connectivity index (χ2n) is 5.43. The van der Waals surface area contributed by atoms with Crippen LogP contribution in [0.2, 0.25) is 0 Å². The van der Waals surface area contributed by atoms with Crippen molar-refractivity contribution in [3.63, 3.8) is 0 Å². The van der Waals surface area contributed by atoms with Crippen LogP contribution in [0.4, 0.5) is 0 Å². The van der Waals surface area contributed by atoms with Gasteiger partial charge in [-0.3, -0.25) is 4.79 Å². The summed E-state index contributed by atoms with van der Waals surface area (Å²) in [5.41, 5.74) is 0.606. The van der Waals surface area contributed by atoms with Crippen LogP contribution < -0.4 is 0 Å². The maximum Gasteiger partial charge on any atom is 0.314 e. The number of cyclic esters (lactones) is 1. The summed E-state index contributed by atoms with van der Waals surface area (Å²) >= 11 is 0. The molecule has 2 aliphatic heterocycles. The molecular formula is C16H17NO2. The van der Waals surface area contributed by atoms with Gasteiger partial charge in [-0.25, -0.2) is 0 Å². The number of benzene rings is 1. The number of hydrogen-bond donors (Lipinski definition) is 0. The average Bonchev–Trinajstić information content (AvgIpc) is 2.93. The zero-order valence-corrected chi connectivity index (χ0v) is 11.1. The quantitative estimate of drug-likeness (QED) is 0.520. The minimum absolute atomic E-state index is 0.0655. The Hall–Kier alpha value is -1.79. The number of hydrogen-bond acceptors (Lipinski definition) is 3. The van der Waals surface area contributed by atoms with Crippen molar-refractivity contribution in [2.45, 2.75) is 6.42 Å². The molecule has 2 atom stereocenters. The topological polar surface area (TPSA) is 29.5 Å². The van der Waals surface area contributed by atoms with Crippen LogP contribution in [0, 0.1) is 23.2 Å². The molecule has 0 unspecified atom stereocenters. The molecule has 98 valence electrons. The fraction of sp³-hybridized carbons (Fsp3) is 0.438. The number of nitrogens with zero attached hydrogens (tertiary/aromatic N) is 1. The van der Waals surface area contributed by atoms with Crippen molar-refractivity contribution >= 4 is 5.97 Å². The van der Waals surface area contributed by atoms with Crippen molar-refractivity contribution in [3.8, 4) is 11.8 Å². The van der Waals surface area contributed by atoms with E-state index in [-0.39, 0.29) is 11.9 Å². The summed E-state index contributed by atoms with van der Waals surface area (Å²) in [5, 5.41) is 0. The van der Waals surface area contributed by atoms with E-state index >= 15 is 0 Å². The Labute approximate surface area is 113 Å². The normalized spacial score (nSPS) is 30.2. The fourth-order valence-corrected chi connectivity index (χ4v) is 3.05. The van der Waals surface area contributed by atoms with Gasteiger partial charge in [-0.05, 0) is 19.2 Å². The molecule has 3 heteroatoms. The van der Waals surface area contributed by atoms with Crippen LogP contribution in [0.25, 0.3) is 0 Å². The predicted molar refractivity (Wildman–Crippen MR) is 72.3 cm³/mol. The Morgan fingerprint density at radius 1 is 1.37 bits per heavy atom. The molecule has 0 amide bonds. The molecule has 0 aromatic heterocycles. The molecule has 0 aliphatic carbocycles. The summed E-state index contributed by atoms with van der Waals surface area (Å²) in [6.45, 7) is 2.14. The maximum absolute atomic E-state index is 12.0. The van der Waals surface area contributed by atoms with Crippen molar-refractivity contribution in [1.82, 2.24) is 4.90 Å². The van der Waals surface area contributed by atoms with Crippen LogP contribution in [0.1, 0.15) is 12.0 Å². The van der Waals surface area contributed by atoms with Gasteiger partial charge in [0, 0.05) is 25.1 Å². The highest BCUT2D eigenvalue weighted by molar-refractivity contribution is 5.80. The zero-order valence-electron chi connectivity index (χ0n) is 11.1. The Balaban J connectivity index is 1.88. The number of carbonyl (C=O) groups is 1. The van der Waals surface area contributed by atoms with E-state index in [0.717, 1.165) is 25.1 Å². The molecule has 0 radical (unpaired) electrons. The minimum Gasteiger partial charge on any atom is -0.465 e. The van der Waals surface area contributed by atoms with E-state index in [1.165, 1.54) is 0 Å². The van der Waals surface area contributed by atoms with Gasteiger partial charge in [-0.15, -0.1) is 0 Å². The smallest absolute Gasteiger partial charge is 0.314 e. The van der Waals surface area contributed by atoms with E-state index in [4.69, 9.17) is 4.74 Å². The summed E-state index contributed by atoms with van der Waals surface area (Å²) in [6.07, 6.45) is 0.796. The van der Waals surface area contributed by atoms with Gasteiger partial charge in [-0.1, -0.05) is 30.0 Å². The number of rotatable bonds is 0.